The van der Waals surface area contributed by atoms with E-state index >= 15 is 0 Å². The van der Waals surface area contributed by atoms with Gasteiger partial charge in [0.15, 0.2) is 0 Å². The minimum Gasteiger partial charge on any atom is -0.506 e. The molecular formula is C32H29ClN2O2. The van der Waals surface area contributed by atoms with Crippen LogP contribution in [0.2, 0.25) is 5.02 Å². The number of rotatable bonds is 2. The lowest BCUT2D eigenvalue weighted by Crippen LogP contribution is -2.33. The van der Waals surface area contributed by atoms with Crippen molar-refractivity contribution in [2.75, 3.05) is 5.32 Å². The lowest BCUT2D eigenvalue weighted by molar-refractivity contribution is -0.113. The maximum atomic E-state index is 13.6. The SMILES string of the molecule is CC(C1=Nc2ccc3ccccc3c2C1(C)C)=C1C(=O)C(C(C)=C2Nc3ccc(Cl)cc3C2(C)C)=C1O. The molecule has 2 heterocycles. The van der Waals surface area contributed by atoms with Crippen LogP contribution < -0.4 is 5.32 Å². The molecule has 2 N–H and O–H groups in total. The first-order chi connectivity index (χ1) is 17.4. The van der Waals surface area contributed by atoms with Crippen LogP contribution in [0.3, 0.4) is 0 Å². The van der Waals surface area contributed by atoms with E-state index < -0.39 is 5.41 Å². The summed E-state index contributed by atoms with van der Waals surface area (Å²) in [7, 11) is 0. The number of nitrogens with one attached hydrogen (secondary N) is 1. The van der Waals surface area contributed by atoms with Gasteiger partial charge in [0.1, 0.15) is 5.76 Å². The zero-order chi connectivity index (χ0) is 26.4. The topological polar surface area (TPSA) is 61.7 Å². The number of anilines is 1. The molecule has 0 saturated carbocycles. The van der Waals surface area contributed by atoms with Gasteiger partial charge >= 0.3 is 0 Å². The summed E-state index contributed by atoms with van der Waals surface area (Å²) >= 11 is 6.27. The lowest BCUT2D eigenvalue weighted by atomic mass is 9.72. The first kappa shape index (κ1) is 23.7. The molecule has 0 fully saturated rings. The molecule has 37 heavy (non-hydrogen) atoms. The normalized spacial score (nSPS) is 21.8. The van der Waals surface area contributed by atoms with Gasteiger partial charge in [0.05, 0.1) is 22.5 Å². The van der Waals surface area contributed by atoms with Crippen LogP contribution in [-0.2, 0) is 15.6 Å². The number of halogens is 1. The van der Waals surface area contributed by atoms with Crippen LogP contribution in [0.15, 0.2) is 93.3 Å². The summed E-state index contributed by atoms with van der Waals surface area (Å²) in [6.07, 6.45) is 0. The first-order valence-electron chi connectivity index (χ1n) is 12.5. The molecule has 1 aliphatic carbocycles. The van der Waals surface area contributed by atoms with Crippen LogP contribution >= 0.6 is 11.6 Å². The third-order valence-corrected chi connectivity index (χ3v) is 8.54. The molecular weight excluding hydrogens is 480 g/mol. The molecule has 186 valence electrons. The van der Waals surface area contributed by atoms with Crippen molar-refractivity contribution in [3.8, 4) is 0 Å². The fourth-order valence-corrected chi connectivity index (χ4v) is 6.59. The maximum Gasteiger partial charge on any atom is 0.201 e. The van der Waals surface area contributed by atoms with Crippen molar-refractivity contribution >= 4 is 45.2 Å². The Morgan fingerprint density at radius 2 is 1.68 bits per heavy atom. The van der Waals surface area contributed by atoms with E-state index in [2.05, 4.69) is 51.2 Å². The molecule has 3 aromatic rings. The highest BCUT2D eigenvalue weighted by Crippen LogP contribution is 2.50. The molecule has 3 aromatic carbocycles. The largest absolute Gasteiger partial charge is 0.506 e. The van der Waals surface area contributed by atoms with Gasteiger partial charge in [-0.25, -0.2) is 0 Å². The van der Waals surface area contributed by atoms with Crippen LogP contribution in [0.5, 0.6) is 0 Å². The number of aliphatic hydroxyl groups is 1. The standard InChI is InChI=1S/C32H29ClN2O2/c1-16(29-31(3,4)21-15-19(33)12-14-22(21)34-29)24-27(36)25(28(24)37)17(2)30-32(5,6)26-20-10-8-7-9-18(20)11-13-23(26)35-30/h7-15,34,36H,1-6H3. The number of carbonyl (C=O) groups is 1. The molecule has 0 amide bonds. The van der Waals surface area contributed by atoms with E-state index in [4.69, 9.17) is 16.6 Å². The number of nitrogens with zero attached hydrogens (tertiary/aromatic N) is 1. The Morgan fingerprint density at radius 3 is 2.41 bits per heavy atom. The summed E-state index contributed by atoms with van der Waals surface area (Å²) in [6, 6.07) is 18.2. The molecule has 0 radical (unpaired) electrons. The summed E-state index contributed by atoms with van der Waals surface area (Å²) in [4.78, 5) is 18.6. The minimum absolute atomic E-state index is 0.0402. The van der Waals surface area contributed by atoms with Gasteiger partial charge in [0.25, 0.3) is 0 Å². The van der Waals surface area contributed by atoms with Gasteiger partial charge < -0.3 is 10.4 Å². The van der Waals surface area contributed by atoms with Crippen LogP contribution in [-0.4, -0.2) is 16.6 Å². The minimum atomic E-state index is -0.410. The summed E-state index contributed by atoms with van der Waals surface area (Å²) in [5.41, 5.74) is 7.23. The van der Waals surface area contributed by atoms with Crippen LogP contribution in [0.1, 0.15) is 52.7 Å². The fourth-order valence-electron chi connectivity index (χ4n) is 6.41. The van der Waals surface area contributed by atoms with Gasteiger partial charge in [0.2, 0.25) is 5.78 Å². The molecule has 0 bridgehead atoms. The maximum absolute atomic E-state index is 13.6. The van der Waals surface area contributed by atoms with Crippen LogP contribution in [0, 0.1) is 0 Å². The van der Waals surface area contributed by atoms with Crippen molar-refractivity contribution in [2.45, 2.75) is 52.4 Å². The number of Topliss-reactive ketones (excluding diaryl/α,β-unsaturated/α-hetero) is 1. The van der Waals surface area contributed by atoms with E-state index in [1.54, 1.807) is 0 Å². The summed E-state index contributed by atoms with van der Waals surface area (Å²) in [5, 5.41) is 17.7. The van der Waals surface area contributed by atoms with E-state index in [-0.39, 0.29) is 17.0 Å². The Kier molecular flexibility index (Phi) is 4.93. The molecule has 5 heteroatoms. The van der Waals surface area contributed by atoms with E-state index in [1.165, 1.54) is 0 Å². The Bertz CT molecular complexity index is 1700. The van der Waals surface area contributed by atoms with Crippen molar-refractivity contribution in [3.63, 3.8) is 0 Å². The molecule has 0 aromatic heterocycles. The van der Waals surface area contributed by atoms with Crippen molar-refractivity contribution in [1.29, 1.82) is 0 Å². The Labute approximate surface area is 222 Å². The predicted octanol–water partition coefficient (Wildman–Crippen LogP) is 8.25. The van der Waals surface area contributed by atoms with Gasteiger partial charge in [-0.15, -0.1) is 0 Å². The van der Waals surface area contributed by atoms with E-state index in [0.29, 0.717) is 16.2 Å². The van der Waals surface area contributed by atoms with Gasteiger partial charge in [0, 0.05) is 27.2 Å². The number of aliphatic hydroxyl groups excluding tert-OH is 1. The quantitative estimate of drug-likeness (QED) is 0.342. The predicted molar refractivity (Wildman–Crippen MR) is 152 cm³/mol. The summed E-state index contributed by atoms with van der Waals surface area (Å²) < 4.78 is 0. The van der Waals surface area contributed by atoms with Crippen molar-refractivity contribution in [1.82, 2.24) is 0 Å². The number of hydrogen-bond acceptors (Lipinski definition) is 4. The molecule has 0 atom stereocenters. The Hall–Kier alpha value is -3.63. The van der Waals surface area contributed by atoms with Gasteiger partial charge in [-0.3, -0.25) is 9.79 Å². The highest BCUT2D eigenvalue weighted by atomic mass is 35.5. The highest BCUT2D eigenvalue weighted by molar-refractivity contribution is 6.31. The van der Waals surface area contributed by atoms with E-state index in [0.717, 1.165) is 55.8 Å². The van der Waals surface area contributed by atoms with Crippen LogP contribution in [0.25, 0.3) is 10.8 Å². The number of aliphatic imine (C=N–C) groups is 1. The van der Waals surface area contributed by atoms with E-state index in [9.17, 15) is 9.90 Å². The number of benzene rings is 3. The smallest absolute Gasteiger partial charge is 0.201 e. The van der Waals surface area contributed by atoms with Crippen molar-refractivity contribution in [2.24, 2.45) is 4.99 Å². The molecule has 6 rings (SSSR count). The molecule has 0 unspecified atom stereocenters. The number of hydrogen-bond donors (Lipinski definition) is 2. The average molecular weight is 509 g/mol. The Balaban J connectivity index is 1.43. The Morgan fingerprint density at radius 1 is 0.946 bits per heavy atom. The molecule has 2 aliphatic heterocycles. The van der Waals surface area contributed by atoms with Crippen LogP contribution in [0.4, 0.5) is 11.4 Å². The third-order valence-electron chi connectivity index (χ3n) is 8.30. The van der Waals surface area contributed by atoms with Gasteiger partial charge in [-0.2, -0.15) is 0 Å². The van der Waals surface area contributed by atoms with Gasteiger partial charge in [-0.05, 0) is 71.2 Å². The second kappa shape index (κ2) is 7.69. The summed E-state index contributed by atoms with van der Waals surface area (Å²) in [6.45, 7) is 12.3. The fraction of sp³-hybridized carbons (Fsp3) is 0.250. The van der Waals surface area contributed by atoms with Crippen molar-refractivity contribution < 1.29 is 9.90 Å². The second-order valence-electron chi connectivity index (χ2n) is 11.3. The summed E-state index contributed by atoms with van der Waals surface area (Å²) in [5.74, 6) is -0.107. The molecule has 0 saturated heterocycles. The number of ketones is 1. The third kappa shape index (κ3) is 3.15. The molecule has 3 aliphatic rings. The first-order valence-corrected chi connectivity index (χ1v) is 12.9. The zero-order valence-corrected chi connectivity index (χ0v) is 22.6. The monoisotopic (exact) mass is 508 g/mol. The highest BCUT2D eigenvalue weighted by Gasteiger charge is 2.45. The van der Waals surface area contributed by atoms with Crippen molar-refractivity contribution in [3.05, 3.63) is 104 Å². The lowest BCUT2D eigenvalue weighted by Gasteiger charge is -2.30. The average Bonchev–Trinajstić information content (AvgIpc) is 3.28. The second-order valence-corrected chi connectivity index (χ2v) is 11.7. The van der Waals surface area contributed by atoms with E-state index in [1.807, 2.05) is 50.2 Å². The number of fused-ring (bicyclic) bond motifs is 4. The molecule has 0 spiro atoms. The zero-order valence-electron chi connectivity index (χ0n) is 21.9. The van der Waals surface area contributed by atoms with Gasteiger partial charge in [-0.1, -0.05) is 69.6 Å². The number of carbonyl (C=O) groups excluding carboxylic acids is 1. The molecule has 4 nitrogen and oxygen atoms in total. The number of allylic oxidation sites excluding steroid dienone is 5.